The second kappa shape index (κ2) is 9.56. The second-order valence-corrected chi connectivity index (χ2v) is 6.04. The minimum atomic E-state index is -0.509. The first-order valence-electron chi connectivity index (χ1n) is 7.40. The molecule has 0 unspecified atom stereocenters. The van der Waals surface area contributed by atoms with Gasteiger partial charge in [-0.05, 0) is 46.5 Å². The lowest BCUT2D eigenvalue weighted by Gasteiger charge is -2.23. The molecule has 116 valence electrons. The molecule has 0 saturated heterocycles. The summed E-state index contributed by atoms with van der Waals surface area (Å²) in [6, 6.07) is -0.0383. The van der Waals surface area contributed by atoms with Crippen LogP contribution in [0.15, 0.2) is 12.7 Å². The smallest absolute Gasteiger partial charge is 0.407 e. The zero-order valence-electron chi connectivity index (χ0n) is 13.3. The molecule has 0 aromatic rings. The minimum absolute atomic E-state index is 0.0383. The molecule has 4 nitrogen and oxygen atoms in total. The summed E-state index contributed by atoms with van der Waals surface area (Å²) in [5.41, 5.74) is -0.509. The van der Waals surface area contributed by atoms with Gasteiger partial charge in [0.1, 0.15) is 11.4 Å². The molecule has 0 aromatic carbocycles. The van der Waals surface area contributed by atoms with Gasteiger partial charge in [-0.2, -0.15) is 0 Å². The van der Waals surface area contributed by atoms with Crippen LogP contribution < -0.4 is 5.32 Å². The summed E-state index contributed by atoms with van der Waals surface area (Å²) in [5.74, 6) is 0.252. The minimum Gasteiger partial charge on any atom is -0.444 e. The molecule has 20 heavy (non-hydrogen) atoms. The van der Waals surface area contributed by atoms with Gasteiger partial charge in [0.15, 0.2) is 0 Å². The Kier molecular flexibility index (Phi) is 8.93. The lowest BCUT2D eigenvalue weighted by molar-refractivity contribution is -0.119. The highest BCUT2D eigenvalue weighted by Gasteiger charge is 2.19. The van der Waals surface area contributed by atoms with Crippen LogP contribution in [0.2, 0.25) is 0 Å². The number of carbonyl (C=O) groups is 2. The fourth-order valence-electron chi connectivity index (χ4n) is 1.82. The number of Topliss-reactive ketones (excluding diaryl/α,β-unsaturated/α-hetero) is 1. The topological polar surface area (TPSA) is 55.4 Å². The quantitative estimate of drug-likeness (QED) is 0.651. The Morgan fingerprint density at radius 1 is 1.25 bits per heavy atom. The van der Waals surface area contributed by atoms with Crippen molar-refractivity contribution in [2.24, 2.45) is 0 Å². The first-order chi connectivity index (χ1) is 9.28. The molecule has 0 heterocycles. The predicted molar refractivity (Wildman–Crippen MR) is 81.7 cm³/mol. The predicted octanol–water partition coefficient (Wildman–Crippen LogP) is 4.00. The van der Waals surface area contributed by atoms with Gasteiger partial charge in [-0.15, -0.1) is 6.58 Å². The van der Waals surface area contributed by atoms with Crippen molar-refractivity contribution in [1.29, 1.82) is 0 Å². The van der Waals surface area contributed by atoms with Gasteiger partial charge in [0, 0.05) is 18.9 Å². The van der Waals surface area contributed by atoms with E-state index in [0.29, 0.717) is 19.3 Å². The Labute approximate surface area is 123 Å². The van der Waals surface area contributed by atoms with Gasteiger partial charge in [-0.3, -0.25) is 4.79 Å². The van der Waals surface area contributed by atoms with Crippen LogP contribution in [0.1, 0.15) is 66.2 Å². The van der Waals surface area contributed by atoms with E-state index in [1.807, 2.05) is 33.8 Å². The van der Waals surface area contributed by atoms with Crippen LogP contribution in [-0.2, 0) is 9.53 Å². The van der Waals surface area contributed by atoms with Crippen LogP contribution in [0.5, 0.6) is 0 Å². The highest BCUT2D eigenvalue weighted by Crippen LogP contribution is 2.11. The van der Waals surface area contributed by atoms with E-state index in [4.69, 9.17) is 4.74 Å². The molecule has 0 saturated carbocycles. The van der Waals surface area contributed by atoms with Crippen LogP contribution in [0.25, 0.3) is 0 Å². The van der Waals surface area contributed by atoms with Crippen molar-refractivity contribution in [3.05, 3.63) is 12.7 Å². The van der Waals surface area contributed by atoms with Gasteiger partial charge in [0.25, 0.3) is 0 Å². The Morgan fingerprint density at radius 2 is 1.90 bits per heavy atom. The molecule has 1 N–H and O–H groups in total. The molecule has 0 aromatic heterocycles. The Bertz CT molecular complexity index is 318. The van der Waals surface area contributed by atoms with Crippen molar-refractivity contribution in [3.8, 4) is 0 Å². The van der Waals surface area contributed by atoms with E-state index in [9.17, 15) is 9.59 Å². The zero-order chi connectivity index (χ0) is 15.6. The third-order valence-corrected chi connectivity index (χ3v) is 2.74. The summed E-state index contributed by atoms with van der Waals surface area (Å²) >= 11 is 0. The van der Waals surface area contributed by atoms with E-state index in [2.05, 4.69) is 11.9 Å². The lowest BCUT2D eigenvalue weighted by atomic mass is 10.0. The van der Waals surface area contributed by atoms with Crippen LogP contribution >= 0.6 is 0 Å². The van der Waals surface area contributed by atoms with Crippen LogP contribution in [0.4, 0.5) is 4.79 Å². The number of carbonyl (C=O) groups excluding carboxylic acids is 2. The average molecular weight is 283 g/mol. The number of hydrogen-bond acceptors (Lipinski definition) is 3. The number of nitrogens with one attached hydrogen (secondary N) is 1. The van der Waals surface area contributed by atoms with E-state index < -0.39 is 11.7 Å². The molecule has 0 radical (unpaired) electrons. The summed E-state index contributed by atoms with van der Waals surface area (Å²) < 4.78 is 5.24. The van der Waals surface area contributed by atoms with Crippen molar-refractivity contribution in [2.45, 2.75) is 77.9 Å². The van der Waals surface area contributed by atoms with Crippen molar-refractivity contribution in [1.82, 2.24) is 5.32 Å². The molecule has 0 spiro atoms. The highest BCUT2D eigenvalue weighted by molar-refractivity contribution is 5.78. The van der Waals surface area contributed by atoms with Crippen molar-refractivity contribution in [2.75, 3.05) is 0 Å². The number of ketones is 1. The molecule has 4 heteroatoms. The van der Waals surface area contributed by atoms with E-state index in [1.165, 1.54) is 0 Å². The monoisotopic (exact) mass is 283 g/mol. The standard InChI is InChI=1S/C16H29NO3/c1-6-8-10-13(11-12-14(18)9-7-2)17-15(19)20-16(3,4)5/h6,13H,1,7-12H2,2-5H3,(H,17,19)/t13-/m1/s1. The normalized spacial score (nSPS) is 12.6. The summed E-state index contributed by atoms with van der Waals surface area (Å²) in [4.78, 5) is 23.3. The molecular weight excluding hydrogens is 254 g/mol. The van der Waals surface area contributed by atoms with E-state index >= 15 is 0 Å². The Balaban J connectivity index is 4.29. The Morgan fingerprint density at radius 3 is 2.40 bits per heavy atom. The van der Waals surface area contributed by atoms with Crippen molar-refractivity contribution < 1.29 is 14.3 Å². The third-order valence-electron chi connectivity index (χ3n) is 2.74. The molecule has 0 bridgehead atoms. The number of rotatable bonds is 9. The first kappa shape index (κ1) is 18.7. The summed E-state index contributed by atoms with van der Waals surface area (Å²) in [5, 5.41) is 2.84. The molecule has 1 atom stereocenters. The third kappa shape index (κ3) is 10.6. The molecule has 0 aliphatic rings. The van der Waals surface area contributed by atoms with Gasteiger partial charge in [0.05, 0.1) is 0 Å². The summed E-state index contributed by atoms with van der Waals surface area (Å²) in [6.07, 6.45) is 5.63. The van der Waals surface area contributed by atoms with Gasteiger partial charge in [-0.1, -0.05) is 13.0 Å². The van der Waals surface area contributed by atoms with Gasteiger partial charge < -0.3 is 10.1 Å². The number of ether oxygens (including phenoxy) is 1. The summed E-state index contributed by atoms with van der Waals surface area (Å²) in [7, 11) is 0. The number of alkyl carbamates (subject to hydrolysis) is 1. The van der Waals surface area contributed by atoms with Crippen LogP contribution in [0, 0.1) is 0 Å². The molecular formula is C16H29NO3. The maximum atomic E-state index is 11.8. The number of amides is 1. The SMILES string of the molecule is C=CCC[C@H](CCC(=O)CCC)NC(=O)OC(C)(C)C. The fourth-order valence-corrected chi connectivity index (χ4v) is 1.82. The Hall–Kier alpha value is -1.32. The first-order valence-corrected chi connectivity index (χ1v) is 7.40. The molecule has 1 amide bonds. The van der Waals surface area contributed by atoms with E-state index in [0.717, 1.165) is 19.3 Å². The average Bonchev–Trinajstić information content (AvgIpc) is 2.30. The van der Waals surface area contributed by atoms with Gasteiger partial charge >= 0.3 is 6.09 Å². The van der Waals surface area contributed by atoms with E-state index in [1.54, 1.807) is 0 Å². The van der Waals surface area contributed by atoms with Crippen LogP contribution in [-0.4, -0.2) is 23.5 Å². The van der Waals surface area contributed by atoms with Gasteiger partial charge in [-0.25, -0.2) is 4.79 Å². The van der Waals surface area contributed by atoms with Crippen LogP contribution in [0.3, 0.4) is 0 Å². The maximum absolute atomic E-state index is 11.8. The highest BCUT2D eigenvalue weighted by atomic mass is 16.6. The lowest BCUT2D eigenvalue weighted by Crippen LogP contribution is -2.39. The van der Waals surface area contributed by atoms with Crippen molar-refractivity contribution >= 4 is 11.9 Å². The maximum Gasteiger partial charge on any atom is 0.407 e. The molecule has 0 aliphatic carbocycles. The molecule has 0 fully saturated rings. The molecule has 0 rings (SSSR count). The van der Waals surface area contributed by atoms with Gasteiger partial charge in [0.2, 0.25) is 0 Å². The van der Waals surface area contributed by atoms with E-state index in [-0.39, 0.29) is 11.8 Å². The number of hydrogen-bond donors (Lipinski definition) is 1. The molecule has 0 aliphatic heterocycles. The van der Waals surface area contributed by atoms with Crippen molar-refractivity contribution in [3.63, 3.8) is 0 Å². The summed E-state index contributed by atoms with van der Waals surface area (Å²) in [6.45, 7) is 11.2. The second-order valence-electron chi connectivity index (χ2n) is 6.04. The zero-order valence-corrected chi connectivity index (χ0v) is 13.3. The fraction of sp³-hybridized carbons (Fsp3) is 0.750. The number of allylic oxidation sites excluding steroid dienone is 1. The largest absolute Gasteiger partial charge is 0.444 e.